The topological polar surface area (TPSA) is 26.0 Å². The highest BCUT2D eigenvalue weighted by molar-refractivity contribution is 7.98. The zero-order chi connectivity index (χ0) is 11.1. The fraction of sp³-hybridized carbons (Fsp3) is 0.500. The maximum atomic E-state index is 12.7. The third-order valence-electron chi connectivity index (χ3n) is 2.53. The molecule has 0 aliphatic heterocycles. The first-order valence-corrected chi connectivity index (χ1v) is 6.61. The Morgan fingerprint density at radius 3 is 2.53 bits per heavy atom. The number of benzene rings is 1. The van der Waals surface area contributed by atoms with Crippen molar-refractivity contribution < 1.29 is 4.39 Å². The lowest BCUT2D eigenvalue weighted by Gasteiger charge is -2.14. The lowest BCUT2D eigenvalue weighted by atomic mass is 9.95. The first kappa shape index (κ1) is 12.5. The van der Waals surface area contributed by atoms with E-state index in [0.717, 1.165) is 17.7 Å². The third-order valence-corrected chi connectivity index (χ3v) is 3.22. The van der Waals surface area contributed by atoms with Crippen molar-refractivity contribution in [3.63, 3.8) is 0 Å². The van der Waals surface area contributed by atoms with Crippen molar-refractivity contribution in [2.45, 2.75) is 18.8 Å². The molecule has 0 saturated carbocycles. The average Bonchev–Trinajstić information content (AvgIpc) is 2.26. The van der Waals surface area contributed by atoms with Gasteiger partial charge in [0.25, 0.3) is 0 Å². The van der Waals surface area contributed by atoms with Gasteiger partial charge in [0.15, 0.2) is 0 Å². The molecule has 0 amide bonds. The van der Waals surface area contributed by atoms with E-state index in [0.29, 0.717) is 12.5 Å². The van der Waals surface area contributed by atoms with Crippen molar-refractivity contribution in [1.82, 2.24) is 0 Å². The Kier molecular flexibility index (Phi) is 5.73. The highest BCUT2D eigenvalue weighted by Gasteiger charge is 2.08. The fourth-order valence-electron chi connectivity index (χ4n) is 1.63. The monoisotopic (exact) mass is 227 g/mol. The molecule has 1 rings (SSSR count). The Morgan fingerprint density at radius 2 is 2.00 bits per heavy atom. The normalized spacial score (nSPS) is 12.7. The van der Waals surface area contributed by atoms with Crippen LogP contribution in [0.3, 0.4) is 0 Å². The zero-order valence-corrected chi connectivity index (χ0v) is 9.90. The van der Waals surface area contributed by atoms with E-state index in [1.807, 2.05) is 23.9 Å². The number of thioether (sulfide) groups is 1. The molecule has 1 unspecified atom stereocenters. The van der Waals surface area contributed by atoms with Gasteiger partial charge in [-0.15, -0.1) is 0 Å². The molecule has 1 aromatic carbocycles. The SMILES string of the molecule is CSCCCC(CN)c1ccc(F)cc1. The molecule has 0 bridgehead atoms. The molecule has 0 fully saturated rings. The molecule has 0 aromatic heterocycles. The van der Waals surface area contributed by atoms with E-state index in [9.17, 15) is 4.39 Å². The predicted octanol–water partition coefficient (Wildman–Crippen LogP) is 3.01. The van der Waals surface area contributed by atoms with Gasteiger partial charge in [-0.05, 0) is 55.0 Å². The highest BCUT2D eigenvalue weighted by Crippen LogP contribution is 2.21. The molecule has 0 heterocycles. The highest BCUT2D eigenvalue weighted by atomic mass is 32.2. The second-order valence-electron chi connectivity index (χ2n) is 3.62. The van der Waals surface area contributed by atoms with Gasteiger partial charge in [0, 0.05) is 0 Å². The molecule has 1 atom stereocenters. The molecule has 15 heavy (non-hydrogen) atoms. The number of halogens is 1. The predicted molar refractivity (Wildman–Crippen MR) is 65.8 cm³/mol. The number of rotatable bonds is 6. The Labute approximate surface area is 95.2 Å². The minimum absolute atomic E-state index is 0.182. The fourth-order valence-corrected chi connectivity index (χ4v) is 2.08. The van der Waals surface area contributed by atoms with Crippen molar-refractivity contribution in [3.05, 3.63) is 35.6 Å². The van der Waals surface area contributed by atoms with Crippen molar-refractivity contribution in [3.8, 4) is 0 Å². The second kappa shape index (κ2) is 6.85. The van der Waals surface area contributed by atoms with Crippen LogP contribution in [-0.2, 0) is 0 Å². The summed E-state index contributed by atoms with van der Waals surface area (Å²) in [5, 5.41) is 0. The van der Waals surface area contributed by atoms with Crippen LogP contribution in [0, 0.1) is 5.82 Å². The Morgan fingerprint density at radius 1 is 1.33 bits per heavy atom. The van der Waals surface area contributed by atoms with Crippen molar-refractivity contribution in [2.24, 2.45) is 5.73 Å². The molecule has 2 N–H and O–H groups in total. The molecule has 0 radical (unpaired) electrons. The summed E-state index contributed by atoms with van der Waals surface area (Å²) in [4.78, 5) is 0. The van der Waals surface area contributed by atoms with Gasteiger partial charge in [0.2, 0.25) is 0 Å². The average molecular weight is 227 g/mol. The number of nitrogens with two attached hydrogens (primary N) is 1. The van der Waals surface area contributed by atoms with E-state index >= 15 is 0 Å². The summed E-state index contributed by atoms with van der Waals surface area (Å²) in [5.74, 6) is 1.36. The number of hydrogen-bond acceptors (Lipinski definition) is 2. The van der Waals surface area contributed by atoms with Crippen LogP contribution in [0.15, 0.2) is 24.3 Å². The summed E-state index contributed by atoms with van der Waals surface area (Å²) in [5.41, 5.74) is 6.88. The van der Waals surface area contributed by atoms with Gasteiger partial charge in [0.1, 0.15) is 5.82 Å². The van der Waals surface area contributed by atoms with Crippen molar-refractivity contribution in [1.29, 1.82) is 0 Å². The van der Waals surface area contributed by atoms with Crippen LogP contribution >= 0.6 is 11.8 Å². The summed E-state index contributed by atoms with van der Waals surface area (Å²) in [6.07, 6.45) is 4.36. The van der Waals surface area contributed by atoms with Gasteiger partial charge in [0.05, 0.1) is 0 Å². The number of hydrogen-bond donors (Lipinski definition) is 1. The molecule has 84 valence electrons. The van der Waals surface area contributed by atoms with Crippen molar-refractivity contribution in [2.75, 3.05) is 18.6 Å². The maximum Gasteiger partial charge on any atom is 0.123 e. The first-order chi connectivity index (χ1) is 7.27. The van der Waals surface area contributed by atoms with Crippen LogP contribution in [0.5, 0.6) is 0 Å². The summed E-state index contributed by atoms with van der Waals surface area (Å²) < 4.78 is 12.7. The summed E-state index contributed by atoms with van der Waals surface area (Å²) in [6, 6.07) is 6.69. The molecule has 0 aliphatic rings. The largest absolute Gasteiger partial charge is 0.330 e. The Balaban J connectivity index is 2.53. The molecule has 0 saturated heterocycles. The maximum absolute atomic E-state index is 12.7. The van der Waals surface area contributed by atoms with Gasteiger partial charge < -0.3 is 5.73 Å². The van der Waals surface area contributed by atoms with Crippen LogP contribution in [0.2, 0.25) is 0 Å². The summed E-state index contributed by atoms with van der Waals surface area (Å²) in [6.45, 7) is 0.639. The quantitative estimate of drug-likeness (QED) is 0.756. The van der Waals surface area contributed by atoms with Gasteiger partial charge in [-0.1, -0.05) is 12.1 Å². The smallest absolute Gasteiger partial charge is 0.123 e. The van der Waals surface area contributed by atoms with E-state index in [4.69, 9.17) is 5.73 Å². The standard InChI is InChI=1S/C12H18FNS/c1-15-8-2-3-11(9-14)10-4-6-12(13)7-5-10/h4-7,11H,2-3,8-9,14H2,1H3. The molecule has 0 spiro atoms. The van der Waals surface area contributed by atoms with E-state index in [2.05, 4.69) is 6.26 Å². The summed E-state index contributed by atoms with van der Waals surface area (Å²) >= 11 is 1.85. The minimum Gasteiger partial charge on any atom is -0.330 e. The van der Waals surface area contributed by atoms with E-state index < -0.39 is 0 Å². The third kappa shape index (κ3) is 4.22. The molecular formula is C12H18FNS. The Bertz CT molecular complexity index is 273. The molecule has 1 aromatic rings. The van der Waals surface area contributed by atoms with Crippen LogP contribution in [0.1, 0.15) is 24.3 Å². The van der Waals surface area contributed by atoms with Crippen LogP contribution < -0.4 is 5.73 Å². The van der Waals surface area contributed by atoms with Crippen LogP contribution in [0.25, 0.3) is 0 Å². The first-order valence-electron chi connectivity index (χ1n) is 5.22. The molecule has 1 nitrogen and oxygen atoms in total. The van der Waals surface area contributed by atoms with Crippen LogP contribution in [0.4, 0.5) is 4.39 Å². The Hall–Kier alpha value is -0.540. The second-order valence-corrected chi connectivity index (χ2v) is 4.60. The molecule has 3 heteroatoms. The van der Waals surface area contributed by atoms with E-state index in [1.165, 1.54) is 18.6 Å². The van der Waals surface area contributed by atoms with E-state index in [-0.39, 0.29) is 5.82 Å². The van der Waals surface area contributed by atoms with Gasteiger partial charge in [-0.2, -0.15) is 11.8 Å². The van der Waals surface area contributed by atoms with Gasteiger partial charge in [-0.25, -0.2) is 4.39 Å². The lowest BCUT2D eigenvalue weighted by molar-refractivity contribution is 0.611. The lowest BCUT2D eigenvalue weighted by Crippen LogP contribution is -2.12. The molecule has 0 aliphatic carbocycles. The van der Waals surface area contributed by atoms with Gasteiger partial charge in [-0.3, -0.25) is 0 Å². The van der Waals surface area contributed by atoms with Crippen LogP contribution in [-0.4, -0.2) is 18.6 Å². The summed E-state index contributed by atoms with van der Waals surface area (Å²) in [7, 11) is 0. The van der Waals surface area contributed by atoms with E-state index in [1.54, 1.807) is 0 Å². The van der Waals surface area contributed by atoms with Crippen molar-refractivity contribution >= 4 is 11.8 Å². The minimum atomic E-state index is -0.182. The zero-order valence-electron chi connectivity index (χ0n) is 9.08. The van der Waals surface area contributed by atoms with Gasteiger partial charge >= 0.3 is 0 Å². The molecular weight excluding hydrogens is 209 g/mol.